The lowest BCUT2D eigenvalue weighted by Crippen LogP contribution is -2.10. The van der Waals surface area contributed by atoms with Crippen LogP contribution in [0, 0.1) is 17.0 Å². The summed E-state index contributed by atoms with van der Waals surface area (Å²) in [4.78, 5) is 22.4. The van der Waals surface area contributed by atoms with Crippen molar-refractivity contribution in [1.82, 2.24) is 0 Å². The SMILES string of the molecule is Cc1cccc(OCCOC(=O)/C=C/c2cc3c(cc2[N+](=O)[O-])OCO3)c1. The number of nitrogens with zero attached hydrogens (tertiary/aromatic N) is 1. The highest BCUT2D eigenvalue weighted by molar-refractivity contribution is 5.88. The second kappa shape index (κ2) is 8.22. The fourth-order valence-electron chi connectivity index (χ4n) is 2.45. The standard InChI is InChI=1S/C19H17NO7/c1-13-3-2-4-15(9-13)24-7-8-25-19(21)6-5-14-10-17-18(27-12-26-17)11-16(14)20(22)23/h2-6,9-11H,7-8,12H2,1H3/b6-5+. The van der Waals surface area contributed by atoms with Gasteiger partial charge in [-0.25, -0.2) is 4.79 Å². The van der Waals surface area contributed by atoms with Gasteiger partial charge >= 0.3 is 5.97 Å². The van der Waals surface area contributed by atoms with E-state index in [9.17, 15) is 14.9 Å². The molecule has 0 saturated carbocycles. The highest BCUT2D eigenvalue weighted by Crippen LogP contribution is 2.38. The van der Waals surface area contributed by atoms with E-state index in [1.54, 1.807) is 0 Å². The molecule has 0 atom stereocenters. The molecule has 0 spiro atoms. The lowest BCUT2D eigenvalue weighted by molar-refractivity contribution is -0.385. The number of aryl methyl sites for hydroxylation is 1. The van der Waals surface area contributed by atoms with Crippen LogP contribution in [0.4, 0.5) is 5.69 Å². The Morgan fingerprint density at radius 3 is 2.74 bits per heavy atom. The van der Waals surface area contributed by atoms with Crippen molar-refractivity contribution in [2.45, 2.75) is 6.92 Å². The first-order chi connectivity index (χ1) is 13.0. The molecule has 0 saturated heterocycles. The molecule has 0 aromatic heterocycles. The molecule has 8 heteroatoms. The molecule has 0 amide bonds. The number of esters is 1. The summed E-state index contributed by atoms with van der Waals surface area (Å²) in [6.07, 6.45) is 2.43. The predicted octanol–water partition coefficient (Wildman–Crippen LogP) is 3.27. The van der Waals surface area contributed by atoms with Gasteiger partial charge in [0.1, 0.15) is 19.0 Å². The van der Waals surface area contributed by atoms with Gasteiger partial charge in [-0.05, 0) is 36.8 Å². The van der Waals surface area contributed by atoms with Crippen molar-refractivity contribution in [3.05, 3.63) is 63.7 Å². The third-order valence-corrected chi connectivity index (χ3v) is 3.70. The van der Waals surface area contributed by atoms with E-state index in [0.717, 1.165) is 11.6 Å². The predicted molar refractivity (Wildman–Crippen MR) is 95.9 cm³/mol. The molecule has 2 aromatic carbocycles. The molecule has 0 N–H and O–H groups in total. The van der Waals surface area contributed by atoms with Crippen molar-refractivity contribution in [1.29, 1.82) is 0 Å². The molecule has 8 nitrogen and oxygen atoms in total. The van der Waals surface area contributed by atoms with Crippen molar-refractivity contribution in [3.8, 4) is 17.2 Å². The van der Waals surface area contributed by atoms with E-state index in [0.29, 0.717) is 17.2 Å². The number of fused-ring (bicyclic) bond motifs is 1. The summed E-state index contributed by atoms with van der Waals surface area (Å²) in [5.74, 6) is 0.752. The van der Waals surface area contributed by atoms with Gasteiger partial charge in [0.2, 0.25) is 6.79 Å². The maximum Gasteiger partial charge on any atom is 0.330 e. The minimum Gasteiger partial charge on any atom is -0.490 e. The van der Waals surface area contributed by atoms with E-state index in [1.807, 2.05) is 31.2 Å². The normalized spacial score (nSPS) is 12.2. The molecule has 0 bridgehead atoms. The maximum absolute atomic E-state index is 11.8. The van der Waals surface area contributed by atoms with Crippen LogP contribution in [0.15, 0.2) is 42.5 Å². The topological polar surface area (TPSA) is 97.1 Å². The molecule has 0 radical (unpaired) electrons. The molecule has 1 aliphatic heterocycles. The van der Waals surface area contributed by atoms with Crippen LogP contribution < -0.4 is 14.2 Å². The van der Waals surface area contributed by atoms with Gasteiger partial charge in [-0.15, -0.1) is 0 Å². The monoisotopic (exact) mass is 371 g/mol. The largest absolute Gasteiger partial charge is 0.490 e. The molecule has 3 rings (SSSR count). The fourth-order valence-corrected chi connectivity index (χ4v) is 2.45. The highest BCUT2D eigenvalue weighted by atomic mass is 16.7. The first-order valence-electron chi connectivity index (χ1n) is 8.15. The van der Waals surface area contributed by atoms with Gasteiger partial charge in [0.25, 0.3) is 5.69 Å². The van der Waals surface area contributed by atoms with Crippen LogP contribution in [0.5, 0.6) is 17.2 Å². The number of carbonyl (C=O) groups excluding carboxylic acids is 1. The van der Waals surface area contributed by atoms with E-state index in [2.05, 4.69) is 0 Å². The number of ether oxygens (including phenoxy) is 4. The number of hydrogen-bond donors (Lipinski definition) is 0. The molecule has 140 valence electrons. The average Bonchev–Trinajstić information content (AvgIpc) is 3.10. The minimum atomic E-state index is -0.630. The summed E-state index contributed by atoms with van der Waals surface area (Å²) >= 11 is 0. The Labute approximate surface area is 155 Å². The Morgan fingerprint density at radius 1 is 1.22 bits per heavy atom. The van der Waals surface area contributed by atoms with Crippen LogP contribution in [0.2, 0.25) is 0 Å². The summed E-state index contributed by atoms with van der Waals surface area (Å²) in [7, 11) is 0. The van der Waals surface area contributed by atoms with Crippen LogP contribution in [-0.2, 0) is 9.53 Å². The maximum atomic E-state index is 11.8. The van der Waals surface area contributed by atoms with Crippen molar-refractivity contribution >= 4 is 17.7 Å². The van der Waals surface area contributed by atoms with Gasteiger partial charge in [0, 0.05) is 6.08 Å². The average molecular weight is 371 g/mol. The molecule has 2 aromatic rings. The first-order valence-corrected chi connectivity index (χ1v) is 8.15. The Morgan fingerprint density at radius 2 is 2.00 bits per heavy atom. The molecule has 0 aliphatic carbocycles. The third kappa shape index (κ3) is 4.75. The molecule has 0 unspecified atom stereocenters. The van der Waals surface area contributed by atoms with Gasteiger partial charge in [-0.1, -0.05) is 12.1 Å². The summed E-state index contributed by atoms with van der Waals surface area (Å²) in [6, 6.07) is 10.2. The zero-order valence-electron chi connectivity index (χ0n) is 14.5. The molecule has 27 heavy (non-hydrogen) atoms. The Kier molecular flexibility index (Phi) is 5.55. The lowest BCUT2D eigenvalue weighted by atomic mass is 10.1. The summed E-state index contributed by atoms with van der Waals surface area (Å²) in [5, 5.41) is 11.2. The number of nitro groups is 1. The highest BCUT2D eigenvalue weighted by Gasteiger charge is 2.22. The van der Waals surface area contributed by atoms with E-state index in [-0.39, 0.29) is 31.3 Å². The second-order valence-electron chi connectivity index (χ2n) is 5.69. The van der Waals surface area contributed by atoms with Crippen molar-refractivity contribution < 1.29 is 28.7 Å². The van der Waals surface area contributed by atoms with E-state index in [4.69, 9.17) is 18.9 Å². The van der Waals surface area contributed by atoms with Gasteiger partial charge < -0.3 is 18.9 Å². The zero-order valence-corrected chi connectivity index (χ0v) is 14.5. The first kappa shape index (κ1) is 18.2. The number of hydrogen-bond acceptors (Lipinski definition) is 7. The quantitative estimate of drug-likeness (QED) is 0.242. The molecule has 0 fully saturated rings. The number of benzene rings is 2. The second-order valence-corrected chi connectivity index (χ2v) is 5.69. The van der Waals surface area contributed by atoms with E-state index in [1.165, 1.54) is 18.2 Å². The third-order valence-electron chi connectivity index (χ3n) is 3.70. The van der Waals surface area contributed by atoms with Gasteiger partial charge in [0.05, 0.1) is 16.6 Å². The Balaban J connectivity index is 1.55. The Hall–Kier alpha value is -3.55. The molecule has 1 aliphatic rings. The lowest BCUT2D eigenvalue weighted by Gasteiger charge is -2.06. The number of rotatable bonds is 7. The summed E-state index contributed by atoms with van der Waals surface area (Å²) in [5.41, 5.74) is 1.10. The van der Waals surface area contributed by atoms with E-state index >= 15 is 0 Å². The van der Waals surface area contributed by atoms with Crippen LogP contribution in [0.1, 0.15) is 11.1 Å². The minimum absolute atomic E-state index is 0.00261. The van der Waals surface area contributed by atoms with Gasteiger partial charge in [0.15, 0.2) is 11.5 Å². The van der Waals surface area contributed by atoms with Gasteiger partial charge in [-0.2, -0.15) is 0 Å². The summed E-state index contributed by atoms with van der Waals surface area (Å²) < 4.78 is 20.8. The van der Waals surface area contributed by atoms with Crippen LogP contribution in [-0.4, -0.2) is 30.9 Å². The number of nitro benzene ring substituents is 1. The smallest absolute Gasteiger partial charge is 0.330 e. The van der Waals surface area contributed by atoms with Crippen molar-refractivity contribution in [2.75, 3.05) is 20.0 Å². The molecule has 1 heterocycles. The Bertz CT molecular complexity index is 892. The fraction of sp³-hybridized carbons (Fsp3) is 0.211. The van der Waals surface area contributed by atoms with E-state index < -0.39 is 10.9 Å². The van der Waals surface area contributed by atoms with Crippen LogP contribution >= 0.6 is 0 Å². The van der Waals surface area contributed by atoms with Crippen LogP contribution in [0.25, 0.3) is 6.08 Å². The van der Waals surface area contributed by atoms with Gasteiger partial charge in [-0.3, -0.25) is 10.1 Å². The number of carbonyl (C=O) groups is 1. The summed E-state index contributed by atoms with van der Waals surface area (Å²) in [6.45, 7) is 2.21. The van der Waals surface area contributed by atoms with Crippen LogP contribution in [0.3, 0.4) is 0 Å². The molecular weight excluding hydrogens is 354 g/mol. The zero-order chi connectivity index (χ0) is 19.2. The molecular formula is C19H17NO7. The van der Waals surface area contributed by atoms with Crippen molar-refractivity contribution in [2.24, 2.45) is 0 Å². The van der Waals surface area contributed by atoms with Crippen molar-refractivity contribution in [3.63, 3.8) is 0 Å².